The first-order valence-corrected chi connectivity index (χ1v) is 4.70. The highest BCUT2D eigenvalue weighted by Gasteiger charge is 2.20. The Hall–Kier alpha value is -1.79. The van der Waals surface area contributed by atoms with E-state index in [4.69, 9.17) is 5.73 Å². The van der Waals surface area contributed by atoms with Crippen LogP contribution in [0.5, 0.6) is 0 Å². The topological polar surface area (TPSA) is 55.1 Å². The molecule has 0 bridgehead atoms. The van der Waals surface area contributed by atoms with Gasteiger partial charge in [-0.1, -0.05) is 6.92 Å². The summed E-state index contributed by atoms with van der Waals surface area (Å²) in [6.45, 7) is 1.17. The van der Waals surface area contributed by atoms with Crippen molar-refractivity contribution in [1.29, 1.82) is 0 Å². The van der Waals surface area contributed by atoms with Gasteiger partial charge in [-0.3, -0.25) is 4.79 Å². The minimum atomic E-state index is -1.54. The highest BCUT2D eigenvalue weighted by atomic mass is 19.2. The average Bonchev–Trinajstić information content (AvgIpc) is 2.26. The number of hydrogen-bond donors (Lipinski definition) is 2. The Morgan fingerprint density at radius 1 is 1.29 bits per heavy atom. The average molecular weight is 250 g/mol. The largest absolute Gasteiger partial charge is 0.379 e. The summed E-state index contributed by atoms with van der Waals surface area (Å²) in [7, 11) is 0. The quantitative estimate of drug-likeness (QED) is 0.632. The Balaban J connectivity index is 2.95. The molecule has 1 rings (SSSR count). The van der Waals surface area contributed by atoms with Gasteiger partial charge >= 0.3 is 0 Å². The first kappa shape index (κ1) is 13.3. The monoisotopic (exact) mass is 250 g/mol. The van der Waals surface area contributed by atoms with E-state index >= 15 is 0 Å². The molecule has 17 heavy (non-hydrogen) atoms. The molecule has 1 aromatic carbocycles. The van der Waals surface area contributed by atoms with Crippen LogP contribution in [0.2, 0.25) is 0 Å². The first-order chi connectivity index (χ1) is 7.84. The lowest BCUT2D eigenvalue weighted by molar-refractivity contribution is -0.120. The molecule has 0 fully saturated rings. The summed E-state index contributed by atoms with van der Waals surface area (Å²) in [5.41, 5.74) is 3.97. The van der Waals surface area contributed by atoms with Crippen molar-refractivity contribution in [3.8, 4) is 0 Å². The third-order valence-electron chi connectivity index (χ3n) is 2.18. The van der Waals surface area contributed by atoms with E-state index in [1.807, 2.05) is 0 Å². The molecule has 0 aliphatic carbocycles. The molecule has 1 atom stereocenters. The maximum atomic E-state index is 13.1. The maximum absolute atomic E-state index is 13.1. The van der Waals surface area contributed by atoms with Gasteiger partial charge in [0.1, 0.15) is 5.69 Å². The molecule has 0 saturated heterocycles. The van der Waals surface area contributed by atoms with Crippen molar-refractivity contribution < 1.29 is 22.4 Å². The van der Waals surface area contributed by atoms with Crippen LogP contribution in [-0.4, -0.2) is 12.5 Å². The predicted molar refractivity (Wildman–Crippen MR) is 53.1 cm³/mol. The molecule has 0 aromatic heterocycles. The number of carbonyl (C=O) groups excluding carboxylic acids is 1. The summed E-state index contributed by atoms with van der Waals surface area (Å²) in [5.74, 6) is -7.55. The molecule has 1 unspecified atom stereocenters. The van der Waals surface area contributed by atoms with Crippen molar-refractivity contribution in [1.82, 2.24) is 0 Å². The van der Waals surface area contributed by atoms with E-state index in [1.54, 1.807) is 0 Å². The molecule has 0 radical (unpaired) electrons. The number of amides is 1. The number of nitrogens with two attached hydrogens (primary N) is 1. The molecule has 0 spiro atoms. The number of hydrogen-bond acceptors (Lipinski definition) is 2. The van der Waals surface area contributed by atoms with Crippen molar-refractivity contribution in [2.24, 2.45) is 11.7 Å². The number of anilines is 1. The zero-order chi connectivity index (χ0) is 13.2. The fraction of sp³-hybridized carbons (Fsp3) is 0.300. The standard InChI is InChI=1S/C10H10F4N2O/c1-4(10(15)17)3-16-9-7(13)5(11)2-6(12)8(9)14/h2,4,16H,3H2,1H3,(H2,15,17). The molecule has 3 nitrogen and oxygen atoms in total. The van der Waals surface area contributed by atoms with Crippen LogP contribution in [0.25, 0.3) is 0 Å². The van der Waals surface area contributed by atoms with Crippen LogP contribution in [0.3, 0.4) is 0 Å². The van der Waals surface area contributed by atoms with E-state index in [9.17, 15) is 22.4 Å². The summed E-state index contributed by atoms with van der Waals surface area (Å²) in [6.07, 6.45) is 0. The number of rotatable bonds is 4. The van der Waals surface area contributed by atoms with Crippen molar-refractivity contribution in [2.45, 2.75) is 6.92 Å². The molecule has 1 aromatic rings. The lowest BCUT2D eigenvalue weighted by Gasteiger charge is -2.12. The van der Waals surface area contributed by atoms with Crippen LogP contribution < -0.4 is 11.1 Å². The van der Waals surface area contributed by atoms with Crippen LogP contribution in [-0.2, 0) is 4.79 Å². The number of benzene rings is 1. The van der Waals surface area contributed by atoms with Crippen molar-refractivity contribution in [2.75, 3.05) is 11.9 Å². The van der Waals surface area contributed by atoms with Gasteiger partial charge in [0.2, 0.25) is 5.91 Å². The molecule has 7 heteroatoms. The van der Waals surface area contributed by atoms with Crippen molar-refractivity contribution in [3.05, 3.63) is 29.3 Å². The molecular formula is C10H10F4N2O. The Morgan fingerprint density at radius 3 is 2.18 bits per heavy atom. The fourth-order valence-corrected chi connectivity index (χ4v) is 1.08. The lowest BCUT2D eigenvalue weighted by atomic mass is 10.1. The number of carbonyl (C=O) groups is 1. The van der Waals surface area contributed by atoms with Crippen LogP contribution in [0.15, 0.2) is 6.07 Å². The summed E-state index contributed by atoms with van der Waals surface area (Å²) < 4.78 is 51.8. The van der Waals surface area contributed by atoms with Crippen LogP contribution >= 0.6 is 0 Å². The third kappa shape index (κ3) is 2.86. The van der Waals surface area contributed by atoms with Gasteiger partial charge in [0.05, 0.1) is 5.92 Å². The van der Waals surface area contributed by atoms with E-state index in [0.29, 0.717) is 0 Å². The summed E-state index contributed by atoms with van der Waals surface area (Å²) in [5, 5.41) is 2.11. The van der Waals surface area contributed by atoms with Crippen LogP contribution in [0.1, 0.15) is 6.92 Å². The van der Waals surface area contributed by atoms with Gasteiger partial charge in [0.15, 0.2) is 23.3 Å². The van der Waals surface area contributed by atoms with Gasteiger partial charge in [0, 0.05) is 12.6 Å². The van der Waals surface area contributed by atoms with Gasteiger partial charge in [-0.25, -0.2) is 17.6 Å². The second kappa shape index (κ2) is 5.03. The first-order valence-electron chi connectivity index (χ1n) is 4.70. The van der Waals surface area contributed by atoms with E-state index in [1.165, 1.54) is 6.92 Å². The minimum Gasteiger partial charge on any atom is -0.379 e. The Morgan fingerprint density at radius 2 is 1.76 bits per heavy atom. The molecule has 94 valence electrons. The highest BCUT2D eigenvalue weighted by molar-refractivity contribution is 5.76. The smallest absolute Gasteiger partial charge is 0.222 e. The molecular weight excluding hydrogens is 240 g/mol. The molecule has 1 amide bonds. The normalized spacial score (nSPS) is 12.3. The van der Waals surface area contributed by atoms with Crippen molar-refractivity contribution in [3.63, 3.8) is 0 Å². The SMILES string of the molecule is CC(CNc1c(F)c(F)cc(F)c1F)C(N)=O. The molecule has 3 N–H and O–H groups in total. The number of primary amides is 1. The Bertz CT molecular complexity index is 424. The lowest BCUT2D eigenvalue weighted by Crippen LogP contribution is -2.27. The molecule has 0 aliphatic rings. The maximum Gasteiger partial charge on any atom is 0.222 e. The van der Waals surface area contributed by atoms with E-state index in [2.05, 4.69) is 5.32 Å². The summed E-state index contributed by atoms with van der Waals surface area (Å²) >= 11 is 0. The van der Waals surface area contributed by atoms with Gasteiger partial charge in [-0.2, -0.15) is 0 Å². The van der Waals surface area contributed by atoms with Gasteiger partial charge in [-0.15, -0.1) is 0 Å². The summed E-state index contributed by atoms with van der Waals surface area (Å²) in [6, 6.07) is 0.105. The fourth-order valence-electron chi connectivity index (χ4n) is 1.08. The Labute approximate surface area is 94.6 Å². The molecule has 0 saturated carbocycles. The van der Waals surface area contributed by atoms with E-state index in [0.717, 1.165) is 0 Å². The highest BCUT2D eigenvalue weighted by Crippen LogP contribution is 2.24. The van der Waals surface area contributed by atoms with Crippen LogP contribution in [0, 0.1) is 29.2 Å². The second-order valence-corrected chi connectivity index (χ2v) is 3.53. The van der Waals surface area contributed by atoms with E-state index < -0.39 is 40.8 Å². The summed E-state index contributed by atoms with van der Waals surface area (Å²) in [4.78, 5) is 10.7. The molecule has 0 heterocycles. The zero-order valence-electron chi connectivity index (χ0n) is 8.86. The van der Waals surface area contributed by atoms with Gasteiger partial charge < -0.3 is 11.1 Å². The number of nitrogens with one attached hydrogen (secondary N) is 1. The van der Waals surface area contributed by atoms with Gasteiger partial charge in [0.25, 0.3) is 0 Å². The molecule has 0 aliphatic heterocycles. The second-order valence-electron chi connectivity index (χ2n) is 3.53. The third-order valence-corrected chi connectivity index (χ3v) is 2.18. The van der Waals surface area contributed by atoms with Crippen molar-refractivity contribution >= 4 is 11.6 Å². The number of halogens is 4. The predicted octanol–water partition coefficient (Wildman–Crippen LogP) is 1.78. The zero-order valence-corrected chi connectivity index (χ0v) is 8.86. The minimum absolute atomic E-state index is 0.105. The van der Waals surface area contributed by atoms with Gasteiger partial charge in [-0.05, 0) is 0 Å². The Kier molecular flexibility index (Phi) is 3.93. The van der Waals surface area contributed by atoms with E-state index in [-0.39, 0.29) is 12.6 Å². The van der Waals surface area contributed by atoms with Crippen LogP contribution in [0.4, 0.5) is 23.2 Å².